The zero-order chi connectivity index (χ0) is 28.3. The Bertz CT molecular complexity index is 1730. The zero-order valence-corrected chi connectivity index (χ0v) is 26.1. The molecule has 0 unspecified atom stereocenters. The van der Waals surface area contributed by atoms with Crippen molar-refractivity contribution < 1.29 is 57.2 Å². The van der Waals surface area contributed by atoms with Gasteiger partial charge in [-0.3, -0.25) is 9.35 Å². The van der Waals surface area contributed by atoms with E-state index in [4.69, 9.17) is 27.9 Å². The Morgan fingerprint density at radius 1 is 1.05 bits per heavy atom. The van der Waals surface area contributed by atoms with Gasteiger partial charge in [0.1, 0.15) is 15.7 Å². The first-order valence-corrected chi connectivity index (χ1v) is 13.9. The van der Waals surface area contributed by atoms with Gasteiger partial charge >= 0.3 is 29.6 Å². The average molecular weight is 610 g/mol. The number of fused-ring (bicyclic) bond motifs is 1. The first kappa shape index (κ1) is 31.8. The Hall–Kier alpha value is -2.70. The third-order valence-corrected chi connectivity index (χ3v) is 7.54. The van der Waals surface area contributed by atoms with Crippen molar-refractivity contribution in [1.29, 1.82) is 0 Å². The molecule has 0 spiro atoms. The van der Waals surface area contributed by atoms with Crippen LogP contribution in [0.15, 0.2) is 75.8 Å². The van der Waals surface area contributed by atoms with Gasteiger partial charge in [-0.05, 0) is 54.6 Å². The standard InChI is InChI=1S/C27H23Cl2N3O6S.Na/c1-3-15-12-17(14-20(28)26(15)39(35,36)37)31-32-24-18-9-6-5-8-16(18)13-19(25(24)33)27(34)30-21-10-7-11-22(23(21)29)38-4-2;/h5-14,33H,3-4H2,1-2H3,(H,30,34)(H,35,36,37);/q;+1/p-1. The predicted octanol–water partition coefficient (Wildman–Crippen LogP) is 4.10. The fourth-order valence-corrected chi connectivity index (χ4v) is 5.59. The molecule has 1 amide bonds. The molecule has 0 atom stereocenters. The van der Waals surface area contributed by atoms with Crippen molar-refractivity contribution in [3.8, 4) is 11.5 Å². The van der Waals surface area contributed by atoms with E-state index in [0.717, 1.165) is 0 Å². The van der Waals surface area contributed by atoms with Crippen LogP contribution in [0.5, 0.6) is 11.5 Å². The minimum Gasteiger partial charge on any atom is -0.870 e. The van der Waals surface area contributed by atoms with E-state index < -0.39 is 26.7 Å². The third-order valence-electron chi connectivity index (χ3n) is 5.74. The van der Waals surface area contributed by atoms with E-state index in [0.29, 0.717) is 23.1 Å². The maximum Gasteiger partial charge on any atom is 1.00 e. The molecule has 13 heteroatoms. The van der Waals surface area contributed by atoms with E-state index >= 15 is 0 Å². The number of halogens is 2. The molecule has 4 aromatic carbocycles. The van der Waals surface area contributed by atoms with E-state index in [-0.39, 0.29) is 74.2 Å². The Morgan fingerprint density at radius 3 is 2.45 bits per heavy atom. The van der Waals surface area contributed by atoms with Crippen molar-refractivity contribution in [2.45, 2.75) is 25.2 Å². The summed E-state index contributed by atoms with van der Waals surface area (Å²) in [5.74, 6) is -0.993. The summed E-state index contributed by atoms with van der Waals surface area (Å²) in [6.07, 6.45) is 0.233. The number of hydrogen-bond donors (Lipinski definition) is 2. The summed E-state index contributed by atoms with van der Waals surface area (Å²) in [5, 5.41) is 25.3. The van der Waals surface area contributed by atoms with Crippen LogP contribution in [0.1, 0.15) is 29.8 Å². The van der Waals surface area contributed by atoms with Crippen molar-refractivity contribution in [1.82, 2.24) is 0 Å². The number of aryl methyl sites for hydroxylation is 1. The minimum atomic E-state index is -4.56. The maximum absolute atomic E-state index is 13.5. The number of hydrogen-bond acceptors (Lipinski definition) is 7. The third kappa shape index (κ3) is 6.77. The fourth-order valence-electron chi connectivity index (χ4n) is 3.99. The summed E-state index contributed by atoms with van der Waals surface area (Å²) < 4.78 is 38.5. The molecule has 202 valence electrons. The monoisotopic (exact) mass is 609 g/mol. The number of ether oxygens (including phenoxy) is 1. The smallest absolute Gasteiger partial charge is 0.870 e. The number of anilines is 1. The fraction of sp³-hybridized carbons (Fsp3) is 0.148. The number of nitrogens with one attached hydrogen (secondary N) is 1. The molecule has 0 aliphatic carbocycles. The van der Waals surface area contributed by atoms with Gasteiger partial charge in [-0.15, -0.1) is 0 Å². The molecular formula is C27H22Cl2N3NaO6S. The molecule has 0 heterocycles. The molecule has 0 saturated carbocycles. The van der Waals surface area contributed by atoms with Crippen LogP contribution in [0.3, 0.4) is 0 Å². The first-order chi connectivity index (χ1) is 18.5. The molecule has 0 aliphatic heterocycles. The molecule has 4 aromatic rings. The second-order valence-corrected chi connectivity index (χ2v) is 10.4. The molecule has 0 aliphatic rings. The van der Waals surface area contributed by atoms with Crippen molar-refractivity contribution in [2.75, 3.05) is 11.9 Å². The molecule has 0 aromatic heterocycles. The molecule has 9 nitrogen and oxygen atoms in total. The summed E-state index contributed by atoms with van der Waals surface area (Å²) in [4.78, 5) is 12.8. The second kappa shape index (κ2) is 13.3. The number of carbonyl (C=O) groups excluding carboxylic acids is 1. The Morgan fingerprint density at radius 2 is 1.77 bits per heavy atom. The second-order valence-electron chi connectivity index (χ2n) is 8.27. The van der Waals surface area contributed by atoms with Gasteiger partial charge in [0.2, 0.25) is 0 Å². The van der Waals surface area contributed by atoms with Gasteiger partial charge in [0.05, 0.1) is 28.7 Å². The van der Waals surface area contributed by atoms with Crippen LogP contribution < -0.4 is 44.7 Å². The van der Waals surface area contributed by atoms with Gasteiger partial charge in [-0.25, -0.2) is 0 Å². The van der Waals surface area contributed by atoms with Gasteiger partial charge < -0.3 is 15.2 Å². The van der Waals surface area contributed by atoms with Crippen LogP contribution in [0, 0.1) is 0 Å². The normalized spacial score (nSPS) is 11.4. The molecule has 0 saturated heterocycles. The number of nitrogens with zero attached hydrogens (tertiary/aromatic N) is 2. The molecular weight excluding hydrogens is 588 g/mol. The van der Waals surface area contributed by atoms with Crippen molar-refractivity contribution in [3.05, 3.63) is 81.8 Å². The van der Waals surface area contributed by atoms with Crippen molar-refractivity contribution >= 4 is 67.1 Å². The molecule has 0 fully saturated rings. The van der Waals surface area contributed by atoms with E-state index in [1.165, 1.54) is 18.2 Å². The summed E-state index contributed by atoms with van der Waals surface area (Å²) in [6.45, 7) is 3.86. The van der Waals surface area contributed by atoms with Crippen LogP contribution in [0.2, 0.25) is 10.0 Å². The Labute approximate surface area is 263 Å². The topological polar surface area (TPSA) is 140 Å². The molecule has 0 radical (unpaired) electrons. The number of benzene rings is 4. The van der Waals surface area contributed by atoms with Crippen molar-refractivity contribution in [2.24, 2.45) is 10.2 Å². The number of amides is 1. The van der Waals surface area contributed by atoms with Crippen LogP contribution in [0.4, 0.5) is 17.1 Å². The van der Waals surface area contributed by atoms with E-state index in [2.05, 4.69) is 15.5 Å². The summed E-state index contributed by atoms with van der Waals surface area (Å²) >= 11 is 12.5. The Kier molecular flexibility index (Phi) is 10.6. The number of azo groups is 1. The van der Waals surface area contributed by atoms with Gasteiger partial charge in [0.15, 0.2) is 0 Å². The van der Waals surface area contributed by atoms with Gasteiger partial charge in [-0.2, -0.15) is 18.6 Å². The summed E-state index contributed by atoms with van der Waals surface area (Å²) in [7, 11) is -4.56. The molecule has 4 rings (SSSR count). The first-order valence-electron chi connectivity index (χ1n) is 11.7. The average Bonchev–Trinajstić information content (AvgIpc) is 2.89. The largest absolute Gasteiger partial charge is 1.00 e. The quantitative estimate of drug-likeness (QED) is 0.175. The Balaban J connectivity index is 0.00000441. The minimum absolute atomic E-state index is 0. The maximum atomic E-state index is 13.5. The molecule has 2 N–H and O–H groups in total. The summed E-state index contributed by atoms with van der Waals surface area (Å²) in [6, 6.07) is 15.8. The van der Waals surface area contributed by atoms with Gasteiger partial charge in [-0.1, -0.05) is 66.2 Å². The number of carbonyl (C=O) groups is 1. The predicted molar refractivity (Wildman–Crippen MR) is 149 cm³/mol. The van der Waals surface area contributed by atoms with Crippen LogP contribution in [-0.2, 0) is 16.5 Å². The summed E-state index contributed by atoms with van der Waals surface area (Å²) in [5.41, 5.74) is 0.367. The van der Waals surface area contributed by atoms with E-state index in [1.807, 2.05) is 0 Å². The van der Waals surface area contributed by atoms with E-state index in [1.54, 1.807) is 56.3 Å². The number of rotatable bonds is 8. The van der Waals surface area contributed by atoms with Crippen LogP contribution in [-0.4, -0.2) is 25.5 Å². The van der Waals surface area contributed by atoms with E-state index in [9.17, 15) is 22.9 Å². The van der Waals surface area contributed by atoms with Gasteiger partial charge in [0, 0.05) is 10.9 Å². The van der Waals surface area contributed by atoms with Gasteiger partial charge in [0.25, 0.3) is 16.0 Å². The molecule has 40 heavy (non-hydrogen) atoms. The zero-order valence-electron chi connectivity index (χ0n) is 21.7. The van der Waals surface area contributed by atoms with Crippen LogP contribution in [0.25, 0.3) is 10.8 Å². The van der Waals surface area contributed by atoms with Crippen molar-refractivity contribution in [3.63, 3.8) is 0 Å². The SMILES string of the molecule is CCOc1cccc(NC(=O)c2cc3ccccc3c(N=Nc3cc(Cl)c(S(=O)(=O)O)c(CC)c3)c2[O-])c1Cl.[Na+]. The van der Waals surface area contributed by atoms with Crippen LogP contribution >= 0.6 is 23.2 Å². The molecule has 0 bridgehead atoms.